The smallest absolute Gasteiger partial charge is 0.263 e. The maximum atomic E-state index is 12.3. The van der Waals surface area contributed by atoms with Crippen LogP contribution in [0.3, 0.4) is 0 Å². The van der Waals surface area contributed by atoms with Crippen LogP contribution in [0.2, 0.25) is 0 Å². The molecule has 1 aromatic rings. The van der Waals surface area contributed by atoms with Crippen molar-refractivity contribution < 1.29 is 8.78 Å². The molecule has 0 amide bonds. The molecule has 0 aliphatic rings. The number of alkyl halides is 2. The van der Waals surface area contributed by atoms with E-state index in [1.165, 1.54) is 12.1 Å². The molecule has 0 saturated carbocycles. The molecule has 5 heteroatoms. The Bertz CT molecular complexity index is 317. The lowest BCUT2D eigenvalue weighted by Gasteiger charge is -2.23. The summed E-state index contributed by atoms with van der Waals surface area (Å²) in [5, 5.41) is 0. The van der Waals surface area contributed by atoms with Gasteiger partial charge >= 0.3 is 0 Å². The van der Waals surface area contributed by atoms with Crippen molar-refractivity contribution in [2.75, 3.05) is 13.6 Å². The van der Waals surface area contributed by atoms with Crippen LogP contribution in [0.15, 0.2) is 24.3 Å². The van der Waals surface area contributed by atoms with Crippen LogP contribution in [0.5, 0.6) is 0 Å². The zero-order valence-electron chi connectivity index (χ0n) is 10.1. The fraction of sp³-hybridized carbons (Fsp3) is 0.500. The molecule has 0 spiro atoms. The second-order valence-corrected chi connectivity index (χ2v) is 4.04. The van der Waals surface area contributed by atoms with Crippen LogP contribution < -0.4 is 5.73 Å². The molecule has 2 nitrogen and oxygen atoms in total. The molecule has 1 rings (SSSR count). The molecule has 0 heterocycles. The van der Waals surface area contributed by atoms with Crippen molar-refractivity contribution in [2.45, 2.75) is 25.9 Å². The molecule has 0 aliphatic carbocycles. The van der Waals surface area contributed by atoms with E-state index in [0.29, 0.717) is 6.54 Å². The van der Waals surface area contributed by atoms with Crippen LogP contribution in [0, 0.1) is 0 Å². The standard InChI is InChI=1S/C12H18F2N2.ClH/c1-9(7-15)16(2)8-10-3-5-11(6-4-10)12(13)14;/h3-6,9,12H,7-8,15H2,1-2H3;1H. The highest BCUT2D eigenvalue weighted by Crippen LogP contribution is 2.19. The van der Waals surface area contributed by atoms with Gasteiger partial charge < -0.3 is 5.73 Å². The summed E-state index contributed by atoms with van der Waals surface area (Å²) >= 11 is 0. The van der Waals surface area contributed by atoms with Gasteiger partial charge in [0.25, 0.3) is 6.43 Å². The van der Waals surface area contributed by atoms with Crippen molar-refractivity contribution in [3.05, 3.63) is 35.4 Å². The van der Waals surface area contributed by atoms with Gasteiger partial charge in [0, 0.05) is 24.7 Å². The Morgan fingerprint density at radius 3 is 2.18 bits per heavy atom. The first kappa shape index (κ1) is 16.3. The summed E-state index contributed by atoms with van der Waals surface area (Å²) in [7, 11) is 1.97. The minimum atomic E-state index is -2.39. The van der Waals surface area contributed by atoms with E-state index in [4.69, 9.17) is 5.73 Å². The maximum Gasteiger partial charge on any atom is 0.263 e. The van der Waals surface area contributed by atoms with Crippen LogP contribution in [0.1, 0.15) is 24.5 Å². The molecule has 0 aromatic heterocycles. The number of nitrogens with two attached hydrogens (primary N) is 1. The monoisotopic (exact) mass is 264 g/mol. The molecule has 0 aliphatic heterocycles. The number of rotatable bonds is 5. The number of hydrogen-bond acceptors (Lipinski definition) is 2. The van der Waals surface area contributed by atoms with Crippen molar-refractivity contribution >= 4 is 12.4 Å². The largest absolute Gasteiger partial charge is 0.329 e. The van der Waals surface area contributed by atoms with Crippen molar-refractivity contribution in [3.8, 4) is 0 Å². The van der Waals surface area contributed by atoms with Gasteiger partial charge in [-0.2, -0.15) is 0 Å². The van der Waals surface area contributed by atoms with Gasteiger partial charge in [-0.25, -0.2) is 8.78 Å². The normalized spacial score (nSPS) is 12.6. The summed E-state index contributed by atoms with van der Waals surface area (Å²) in [5.41, 5.74) is 6.64. The molecule has 2 N–H and O–H groups in total. The highest BCUT2D eigenvalue weighted by molar-refractivity contribution is 5.85. The quantitative estimate of drug-likeness (QED) is 0.886. The molecular formula is C12H19ClF2N2. The number of likely N-dealkylation sites (N-methyl/N-ethyl adjacent to an activating group) is 1. The van der Waals surface area contributed by atoms with Gasteiger partial charge in [0.05, 0.1) is 0 Å². The Labute approximate surface area is 107 Å². The molecule has 1 atom stereocenters. The van der Waals surface area contributed by atoms with Gasteiger partial charge in [0.15, 0.2) is 0 Å². The van der Waals surface area contributed by atoms with Gasteiger partial charge in [-0.3, -0.25) is 4.90 Å². The average molecular weight is 265 g/mol. The maximum absolute atomic E-state index is 12.3. The Kier molecular flexibility index (Phi) is 7.27. The predicted octanol–water partition coefficient (Wildman–Crippen LogP) is 2.83. The average Bonchev–Trinajstić information content (AvgIpc) is 2.28. The molecule has 98 valence electrons. The lowest BCUT2D eigenvalue weighted by atomic mass is 10.1. The summed E-state index contributed by atoms with van der Waals surface area (Å²) in [4.78, 5) is 2.09. The number of halogens is 3. The first-order chi connectivity index (χ1) is 7.54. The molecule has 0 bridgehead atoms. The summed E-state index contributed by atoms with van der Waals surface area (Å²) in [6, 6.07) is 6.71. The van der Waals surface area contributed by atoms with E-state index in [9.17, 15) is 8.78 Å². The third-order valence-electron chi connectivity index (χ3n) is 2.76. The molecule has 1 aromatic carbocycles. The van der Waals surface area contributed by atoms with E-state index in [1.54, 1.807) is 12.1 Å². The number of benzene rings is 1. The molecular weight excluding hydrogens is 246 g/mol. The second kappa shape index (κ2) is 7.58. The topological polar surface area (TPSA) is 29.3 Å². The second-order valence-electron chi connectivity index (χ2n) is 4.04. The lowest BCUT2D eigenvalue weighted by Crippen LogP contribution is -2.34. The van der Waals surface area contributed by atoms with Crippen molar-refractivity contribution in [1.82, 2.24) is 4.90 Å². The Morgan fingerprint density at radius 2 is 1.76 bits per heavy atom. The third kappa shape index (κ3) is 4.98. The van der Waals surface area contributed by atoms with Gasteiger partial charge in [-0.15, -0.1) is 12.4 Å². The first-order valence-electron chi connectivity index (χ1n) is 5.32. The van der Waals surface area contributed by atoms with E-state index in [1.807, 2.05) is 14.0 Å². The third-order valence-corrected chi connectivity index (χ3v) is 2.76. The molecule has 0 radical (unpaired) electrons. The fourth-order valence-corrected chi connectivity index (χ4v) is 1.39. The fourth-order valence-electron chi connectivity index (χ4n) is 1.39. The van der Waals surface area contributed by atoms with Crippen molar-refractivity contribution in [1.29, 1.82) is 0 Å². The minimum Gasteiger partial charge on any atom is -0.329 e. The minimum absolute atomic E-state index is 0. The van der Waals surface area contributed by atoms with Gasteiger partial charge in [-0.05, 0) is 19.5 Å². The molecule has 0 saturated heterocycles. The summed E-state index contributed by atoms with van der Waals surface area (Å²) in [5.74, 6) is 0. The van der Waals surface area contributed by atoms with E-state index < -0.39 is 6.43 Å². The SMILES string of the molecule is CC(CN)N(C)Cc1ccc(C(F)F)cc1.Cl. The Morgan fingerprint density at radius 1 is 1.24 bits per heavy atom. The molecule has 1 unspecified atom stereocenters. The number of nitrogens with zero attached hydrogens (tertiary/aromatic N) is 1. The number of hydrogen-bond donors (Lipinski definition) is 1. The highest BCUT2D eigenvalue weighted by atomic mass is 35.5. The molecule has 0 fully saturated rings. The van der Waals surface area contributed by atoms with Crippen molar-refractivity contribution in [3.63, 3.8) is 0 Å². The lowest BCUT2D eigenvalue weighted by molar-refractivity contribution is 0.151. The summed E-state index contributed by atoms with van der Waals surface area (Å²) in [6.45, 7) is 3.35. The van der Waals surface area contributed by atoms with Gasteiger partial charge in [-0.1, -0.05) is 24.3 Å². The van der Waals surface area contributed by atoms with Crippen LogP contribution in [0.25, 0.3) is 0 Å². The summed E-state index contributed by atoms with van der Waals surface area (Å²) < 4.78 is 24.6. The Hall–Kier alpha value is -0.710. The predicted molar refractivity (Wildman–Crippen MR) is 68.6 cm³/mol. The van der Waals surface area contributed by atoms with Gasteiger partial charge in [0.2, 0.25) is 0 Å². The van der Waals surface area contributed by atoms with Crippen LogP contribution in [-0.4, -0.2) is 24.5 Å². The highest BCUT2D eigenvalue weighted by Gasteiger charge is 2.09. The van der Waals surface area contributed by atoms with Crippen LogP contribution in [-0.2, 0) is 6.54 Å². The van der Waals surface area contributed by atoms with Crippen LogP contribution >= 0.6 is 12.4 Å². The van der Waals surface area contributed by atoms with E-state index in [-0.39, 0.29) is 24.0 Å². The van der Waals surface area contributed by atoms with E-state index in [2.05, 4.69) is 4.90 Å². The zero-order chi connectivity index (χ0) is 12.1. The molecule has 17 heavy (non-hydrogen) atoms. The van der Waals surface area contributed by atoms with Crippen LogP contribution in [0.4, 0.5) is 8.78 Å². The van der Waals surface area contributed by atoms with E-state index >= 15 is 0 Å². The Balaban J connectivity index is 0.00000256. The van der Waals surface area contributed by atoms with Crippen molar-refractivity contribution in [2.24, 2.45) is 5.73 Å². The zero-order valence-corrected chi connectivity index (χ0v) is 10.9. The first-order valence-corrected chi connectivity index (χ1v) is 5.32. The summed E-state index contributed by atoms with van der Waals surface area (Å²) in [6.07, 6.45) is -2.39. The van der Waals surface area contributed by atoms with E-state index in [0.717, 1.165) is 12.1 Å². The van der Waals surface area contributed by atoms with Gasteiger partial charge in [0.1, 0.15) is 0 Å².